The molecule has 7 saturated heterocycles. The summed E-state index contributed by atoms with van der Waals surface area (Å²) in [5, 5.41) is 104. The highest BCUT2D eigenvalue weighted by Gasteiger charge is 2.62. The fourth-order valence-corrected chi connectivity index (χ4v) is 15.4. The zero-order valence-corrected chi connectivity index (χ0v) is 76.4. The van der Waals surface area contributed by atoms with E-state index in [1.807, 2.05) is 27.7 Å². The average Bonchev–Trinajstić information content (AvgIpc) is 1.61. The fourth-order valence-electron chi connectivity index (χ4n) is 15.4. The number of nitrogens with zero attached hydrogens (tertiary/aromatic N) is 9. The quantitative estimate of drug-likeness (QED) is 0.0189. The van der Waals surface area contributed by atoms with Crippen molar-refractivity contribution in [2.24, 2.45) is 0 Å². The molecule has 5 amide bonds. The Hall–Kier alpha value is -6.33. The Morgan fingerprint density at radius 2 is 0.702 bits per heavy atom. The lowest BCUT2D eigenvalue weighted by Gasteiger charge is -2.42. The Kier molecular flexibility index (Phi) is 44.5. The summed E-state index contributed by atoms with van der Waals surface area (Å²) in [4.78, 5) is 62.0. The SMILES string of the molecule is CC(=O)NC1C2OCC(COCCOCCOCCOCCn3cc(COCC(COCc4cn(CCOCCOCCOCCOCC56COC(O5)C(NC(C)=O)C(O)C6O)nn4)(COCc4cn(CCOCCOCCOCCOCC56COC(O5)C(NC(C)=O)C(O)C6O)nn4)NC(=O)CCCCCNC(=O)CCCCCB4OC(C)(C)C(C)(C)O4)nn3)(O2)C(O)C1O. The van der Waals surface area contributed by atoms with Crippen molar-refractivity contribution in [3.8, 4) is 0 Å². The number of carbonyl (C=O) groups excluding carboxylic acids is 5. The van der Waals surface area contributed by atoms with E-state index in [0.29, 0.717) is 148 Å². The van der Waals surface area contributed by atoms with Crippen LogP contribution < -0.4 is 26.6 Å². The standard InChI is InChI=1S/C82H139BN14O34/c1-57(98)85-65-68(103)71(106)80(54-124-74(65)127-80)51-118-39-36-115-33-30-112-27-24-109-21-18-95-42-60(89-92-95)45-121-48-79(88-64(102)15-11-9-13-17-84-63(101)14-10-8-12-16-83-130-77(4,5)78(6,7)131-83,49-122-46-61-43-96(93-90-61)19-22-110-25-28-113-31-34-116-37-40-119-52-81-55-125-75(128-81)66(86-58(2)99)69(104)72(81)107)50-123-47-62-44-97(94-91-62)20-23-111-26-29-114-32-35-117-38-41-120-53-82-56-126-76(129-82)67(87-59(3)100)70(105)73(82)108/h42-44,65-76,103-108H,8-41,45-56H2,1-7H3,(H,84,101)(H,85,98)(H,86,99)(H,87,100)(H,88,102). The third kappa shape index (κ3) is 33.8. The number of ether oxygens (including phenoxy) is 21. The second-order valence-corrected chi connectivity index (χ2v) is 34.4. The van der Waals surface area contributed by atoms with Crippen molar-refractivity contribution in [3.05, 3.63) is 35.7 Å². The highest BCUT2D eigenvalue weighted by atomic mass is 16.8. The molecule has 0 saturated carbocycles. The normalized spacial score (nSPS) is 26.8. The lowest BCUT2D eigenvalue weighted by atomic mass is 9.82. The van der Waals surface area contributed by atoms with Crippen LogP contribution in [0.5, 0.6) is 0 Å². The Labute approximate surface area is 761 Å². The maximum Gasteiger partial charge on any atom is 0.457 e. The molecule has 744 valence electrons. The van der Waals surface area contributed by atoms with Gasteiger partial charge in [0.2, 0.25) is 29.5 Å². The highest BCUT2D eigenvalue weighted by Crippen LogP contribution is 2.41. The van der Waals surface area contributed by atoms with E-state index in [1.54, 1.807) is 32.6 Å². The fraction of sp³-hybridized carbons (Fsp3) is 0.866. The molecule has 15 atom stereocenters. The number of carbonyl (C=O) groups is 5. The van der Waals surface area contributed by atoms with Crippen LogP contribution in [0.25, 0.3) is 0 Å². The van der Waals surface area contributed by atoms with Gasteiger partial charge in [0.05, 0.1) is 267 Å². The lowest BCUT2D eigenvalue weighted by molar-refractivity contribution is -0.238. The molecule has 0 aromatic carbocycles. The van der Waals surface area contributed by atoms with Gasteiger partial charge in [-0.1, -0.05) is 34.9 Å². The molecule has 3 aromatic rings. The minimum absolute atomic E-state index is 0.0172. The maximum atomic E-state index is 14.3. The lowest BCUT2D eigenvalue weighted by Crippen LogP contribution is -2.66. The van der Waals surface area contributed by atoms with Crippen LogP contribution >= 0.6 is 0 Å². The summed E-state index contributed by atoms with van der Waals surface area (Å²) < 4.78 is 139. The van der Waals surface area contributed by atoms with Gasteiger partial charge >= 0.3 is 7.12 Å². The molecule has 11 N–H and O–H groups in total. The predicted octanol–water partition coefficient (Wildman–Crippen LogP) is -4.15. The van der Waals surface area contributed by atoms with Gasteiger partial charge < -0.3 is 166 Å². The van der Waals surface area contributed by atoms with E-state index in [-0.39, 0.29) is 175 Å². The van der Waals surface area contributed by atoms with E-state index >= 15 is 0 Å². The smallest absolute Gasteiger partial charge is 0.403 e. The molecular formula is C82H139BN14O34. The number of aliphatic hydroxyl groups is 6. The Morgan fingerprint density at radius 3 is 1.02 bits per heavy atom. The first-order chi connectivity index (χ1) is 63.1. The molecule has 7 aliphatic heterocycles. The summed E-state index contributed by atoms with van der Waals surface area (Å²) >= 11 is 0. The minimum atomic E-state index is -1.35. The van der Waals surface area contributed by atoms with Crippen LogP contribution in [0, 0.1) is 0 Å². The molecule has 0 aliphatic carbocycles. The summed E-state index contributed by atoms with van der Waals surface area (Å²) in [6.45, 7) is 18.6. The minimum Gasteiger partial charge on any atom is -0.403 e. The van der Waals surface area contributed by atoms with Gasteiger partial charge in [-0.05, 0) is 53.3 Å². The molecule has 7 fully saturated rings. The summed E-state index contributed by atoms with van der Waals surface area (Å²) in [7, 11) is -0.267. The van der Waals surface area contributed by atoms with Crippen LogP contribution in [0.15, 0.2) is 18.6 Å². The van der Waals surface area contributed by atoms with Gasteiger partial charge in [-0.15, -0.1) is 15.3 Å². The number of amides is 5. The number of aliphatic hydroxyl groups excluding tert-OH is 6. The first kappa shape index (κ1) is 107. The predicted molar refractivity (Wildman–Crippen MR) is 450 cm³/mol. The molecule has 10 heterocycles. The summed E-state index contributed by atoms with van der Waals surface area (Å²) in [6.07, 6.45) is 0.0819. The molecule has 0 radical (unpaired) electrons. The number of hydrogen-bond acceptors (Lipinski definition) is 40. The number of rotatable bonds is 70. The number of nitrogens with one attached hydrogen (secondary N) is 5. The van der Waals surface area contributed by atoms with Gasteiger partial charge in [-0.2, -0.15) is 0 Å². The second kappa shape index (κ2) is 54.6. The highest BCUT2D eigenvalue weighted by molar-refractivity contribution is 6.45. The average molecular weight is 1880 g/mol. The van der Waals surface area contributed by atoms with Crippen LogP contribution in [-0.4, -0.2) is 424 Å². The molecule has 7 aliphatic rings. The summed E-state index contributed by atoms with van der Waals surface area (Å²) in [6, 6.07) is -2.74. The van der Waals surface area contributed by atoms with Crippen molar-refractivity contribution in [3.63, 3.8) is 0 Å². The molecule has 0 spiro atoms. The number of fused-ring (bicyclic) bond motifs is 6. The zero-order chi connectivity index (χ0) is 93.5. The monoisotopic (exact) mass is 1870 g/mol. The van der Waals surface area contributed by atoms with E-state index in [9.17, 15) is 54.6 Å². The Bertz CT molecular complexity index is 3510. The third-order valence-electron chi connectivity index (χ3n) is 23.1. The number of unbranched alkanes of at least 4 members (excludes halogenated alkanes) is 4. The number of hydrogen-bond donors (Lipinski definition) is 11. The van der Waals surface area contributed by atoms with Crippen molar-refractivity contribution >= 4 is 36.7 Å². The van der Waals surface area contributed by atoms with Crippen LogP contribution in [0.2, 0.25) is 6.32 Å². The first-order valence-corrected chi connectivity index (χ1v) is 45.2. The molecule has 10 rings (SSSR count). The second-order valence-electron chi connectivity index (χ2n) is 34.4. The van der Waals surface area contributed by atoms with E-state index in [0.717, 1.165) is 25.6 Å². The first-order valence-electron chi connectivity index (χ1n) is 45.2. The van der Waals surface area contributed by atoms with Crippen molar-refractivity contribution in [1.29, 1.82) is 0 Å². The van der Waals surface area contributed by atoms with Gasteiger partial charge in [0, 0.05) is 40.2 Å². The largest absolute Gasteiger partial charge is 0.457 e. The van der Waals surface area contributed by atoms with Crippen LogP contribution in [-0.2, 0) is 172 Å². The van der Waals surface area contributed by atoms with E-state index in [1.165, 1.54) is 20.8 Å². The summed E-state index contributed by atoms with van der Waals surface area (Å²) in [5.74, 6) is -1.50. The molecule has 15 unspecified atom stereocenters. The van der Waals surface area contributed by atoms with Crippen LogP contribution in [0.1, 0.15) is 117 Å². The molecule has 49 heteroatoms. The van der Waals surface area contributed by atoms with Gasteiger partial charge in [0.1, 0.15) is 94.2 Å². The van der Waals surface area contributed by atoms with Crippen molar-refractivity contribution in [1.82, 2.24) is 71.6 Å². The van der Waals surface area contributed by atoms with E-state index in [4.69, 9.17) is 109 Å². The van der Waals surface area contributed by atoms with E-state index in [2.05, 4.69) is 57.5 Å². The van der Waals surface area contributed by atoms with Gasteiger partial charge in [-0.3, -0.25) is 24.0 Å². The molecule has 131 heavy (non-hydrogen) atoms. The van der Waals surface area contributed by atoms with E-state index < -0.39 is 114 Å². The molecular weight excluding hydrogens is 1740 g/mol. The third-order valence-corrected chi connectivity index (χ3v) is 23.1. The van der Waals surface area contributed by atoms with Crippen molar-refractivity contribution < 1.29 is 163 Å². The van der Waals surface area contributed by atoms with Crippen LogP contribution in [0.3, 0.4) is 0 Å². The van der Waals surface area contributed by atoms with Crippen molar-refractivity contribution in [2.45, 2.75) is 253 Å². The summed E-state index contributed by atoms with van der Waals surface area (Å²) in [5.41, 5.74) is -4.45. The zero-order valence-electron chi connectivity index (χ0n) is 76.4. The molecule has 6 bridgehead atoms. The van der Waals surface area contributed by atoms with Gasteiger partial charge in [0.15, 0.2) is 18.9 Å². The van der Waals surface area contributed by atoms with Crippen LogP contribution in [0.4, 0.5) is 0 Å². The maximum absolute atomic E-state index is 14.3. The Balaban J connectivity index is 0.655. The molecule has 48 nitrogen and oxygen atoms in total. The topological polar surface area (TPSA) is 571 Å². The van der Waals surface area contributed by atoms with Gasteiger partial charge in [-0.25, -0.2) is 14.0 Å². The van der Waals surface area contributed by atoms with Crippen molar-refractivity contribution in [2.75, 3.05) is 205 Å². The molecule has 3 aromatic heterocycles. The number of aromatic nitrogens is 9. The Morgan fingerprint density at radius 1 is 0.405 bits per heavy atom. The van der Waals surface area contributed by atoms with Gasteiger partial charge in [0.25, 0.3) is 0 Å².